The van der Waals surface area contributed by atoms with Gasteiger partial charge in [0.25, 0.3) is 0 Å². The van der Waals surface area contributed by atoms with E-state index >= 15 is 0 Å². The predicted molar refractivity (Wildman–Crippen MR) is 173 cm³/mol. The quantitative estimate of drug-likeness (QED) is 0.173. The maximum Gasteiger partial charge on any atom is 0.122 e. The van der Waals surface area contributed by atoms with Crippen LogP contribution in [0.3, 0.4) is 0 Å². The minimum atomic E-state index is -0.689. The molecule has 0 bridgehead atoms. The van der Waals surface area contributed by atoms with E-state index in [2.05, 4.69) is 24.3 Å². The number of rotatable bonds is 6. The fraction of sp³-hybridized carbons (Fsp3) is 0.351. The topological polar surface area (TPSA) is 79.2 Å². The van der Waals surface area contributed by atoms with E-state index in [1.165, 1.54) is 0 Å². The number of aryl methyl sites for hydroxylation is 8. The van der Waals surface area contributed by atoms with Crippen LogP contribution in [0.4, 0.5) is 0 Å². The number of aromatic hydroxyl groups is 2. The Hall–Kier alpha value is -1.75. The van der Waals surface area contributed by atoms with E-state index in [1.54, 1.807) is 24.3 Å². The summed E-state index contributed by atoms with van der Waals surface area (Å²) in [4.78, 5) is 0. The molecule has 0 saturated carbocycles. The molecule has 0 saturated heterocycles. The molecule has 0 fully saturated rings. The minimum absolute atomic E-state index is 0. The molecule has 3 N–H and O–H groups in total. The molecule has 0 amide bonds. The molecule has 44 heavy (non-hydrogen) atoms. The number of phenols is 2. The number of aliphatic hydroxyl groups is 1. The van der Waals surface area contributed by atoms with Gasteiger partial charge in [0, 0.05) is 88.4 Å². The summed E-state index contributed by atoms with van der Waals surface area (Å²) in [5.41, 5.74) is 7.59. The van der Waals surface area contributed by atoms with Gasteiger partial charge in [0.1, 0.15) is 19.3 Å². The first-order valence-electron chi connectivity index (χ1n) is 13.1. The Kier molecular flexibility index (Phi) is 25.0. The van der Waals surface area contributed by atoms with E-state index in [-0.39, 0.29) is 93.5 Å². The Balaban J connectivity index is -0.000000639. The molecule has 4 rings (SSSR count). The second kappa shape index (κ2) is 23.6. The Bertz CT molecular complexity index is 1200. The van der Waals surface area contributed by atoms with Gasteiger partial charge < -0.3 is 24.8 Å². The summed E-state index contributed by atoms with van der Waals surface area (Å²) >= 11 is 0. The van der Waals surface area contributed by atoms with Gasteiger partial charge >= 0.3 is 0 Å². The van der Waals surface area contributed by atoms with E-state index in [1.807, 2.05) is 79.7 Å². The van der Waals surface area contributed by atoms with Gasteiger partial charge in [0.05, 0.1) is 0 Å². The fourth-order valence-electron chi connectivity index (χ4n) is 3.81. The largest absolute Gasteiger partial charge is 0.533 e. The van der Waals surface area contributed by atoms with Crippen molar-refractivity contribution in [2.75, 3.05) is 13.2 Å². The molecule has 4 aromatic carbocycles. The molecule has 0 spiro atoms. The standard InChI is InChI=1S/C19H22O3.2C8H9O.2CH4.2Y/c1-13-7-5-8-14(2)18(13)21-11-17(20)12-22-19-15(3)9-6-10-16(19)4;2*1-6-4-3-5-7(2)8(6)9;;;;/h7-10,17,20H,11-12H2,1-4H3;2*4-5,9H,1-2H3;2*1H4;;/q-2;2*-1;;;;. The van der Waals surface area contributed by atoms with Crippen LogP contribution in [0.5, 0.6) is 23.0 Å². The number of phenolic OH excluding ortho intramolecular Hbond substituents is 2. The Morgan fingerprint density at radius 1 is 0.477 bits per heavy atom. The van der Waals surface area contributed by atoms with E-state index < -0.39 is 6.10 Å². The van der Waals surface area contributed by atoms with Gasteiger partial charge in [-0.2, -0.15) is 72.8 Å². The van der Waals surface area contributed by atoms with Gasteiger partial charge in [0.2, 0.25) is 0 Å². The predicted octanol–water partition coefficient (Wildman–Crippen LogP) is 8.23. The van der Waals surface area contributed by atoms with Crippen LogP contribution >= 0.6 is 0 Å². The Labute approximate surface area is 317 Å². The monoisotopic (exact) mass is 750 g/mol. The maximum atomic E-state index is 10.1. The molecule has 0 aromatic heterocycles. The smallest absolute Gasteiger partial charge is 0.122 e. The van der Waals surface area contributed by atoms with Gasteiger partial charge in [-0.05, 0) is 0 Å². The molecule has 236 valence electrons. The van der Waals surface area contributed by atoms with Crippen molar-refractivity contribution in [2.24, 2.45) is 0 Å². The van der Waals surface area contributed by atoms with Crippen molar-refractivity contribution in [1.82, 2.24) is 0 Å². The molecule has 0 aliphatic rings. The van der Waals surface area contributed by atoms with Crippen LogP contribution in [0.15, 0.2) is 48.5 Å². The van der Waals surface area contributed by atoms with Crippen LogP contribution in [-0.2, 0) is 65.4 Å². The van der Waals surface area contributed by atoms with E-state index in [0.29, 0.717) is 11.5 Å². The van der Waals surface area contributed by atoms with Gasteiger partial charge in [-0.3, -0.25) is 0 Å². The molecular weight excluding hydrogens is 702 g/mol. The van der Waals surface area contributed by atoms with Crippen molar-refractivity contribution in [3.05, 3.63) is 117 Å². The Morgan fingerprint density at radius 3 is 0.886 bits per heavy atom. The van der Waals surface area contributed by atoms with Crippen LogP contribution in [0, 0.1) is 79.7 Å². The zero-order chi connectivity index (χ0) is 29.8. The summed E-state index contributed by atoms with van der Waals surface area (Å²) in [5, 5.41) is 28.4. The van der Waals surface area contributed by atoms with Gasteiger partial charge in [-0.15, -0.1) is 44.5 Å². The Morgan fingerprint density at radius 2 is 0.682 bits per heavy atom. The third kappa shape index (κ3) is 15.0. The first-order chi connectivity index (χ1) is 18.9. The van der Waals surface area contributed by atoms with Crippen molar-refractivity contribution in [3.63, 3.8) is 0 Å². The molecule has 0 atom stereocenters. The normalized spacial score (nSPS) is 9.32. The molecule has 4 aromatic rings. The number of aliphatic hydroxyl groups excluding tert-OH is 1. The summed E-state index contributed by atoms with van der Waals surface area (Å²) in [6, 6.07) is 26.5. The second-order valence-electron chi connectivity index (χ2n) is 9.92. The van der Waals surface area contributed by atoms with E-state index in [9.17, 15) is 15.3 Å². The molecule has 7 heteroatoms. The molecule has 0 heterocycles. The van der Waals surface area contributed by atoms with Gasteiger partial charge in [0.15, 0.2) is 0 Å². The first kappa shape index (κ1) is 46.7. The number of ether oxygens (including phenoxy) is 2. The van der Waals surface area contributed by atoms with E-state index in [0.717, 1.165) is 56.0 Å². The summed E-state index contributed by atoms with van der Waals surface area (Å²) in [7, 11) is 0. The van der Waals surface area contributed by atoms with Crippen molar-refractivity contribution < 1.29 is 90.2 Å². The van der Waals surface area contributed by atoms with Crippen LogP contribution in [0.1, 0.15) is 59.4 Å². The van der Waals surface area contributed by atoms with Crippen molar-refractivity contribution in [3.8, 4) is 23.0 Å². The summed E-state index contributed by atoms with van der Waals surface area (Å²) in [5.74, 6) is 2.38. The molecule has 0 aliphatic carbocycles. The van der Waals surface area contributed by atoms with Gasteiger partial charge in [-0.25, -0.2) is 0 Å². The average Bonchev–Trinajstić information content (AvgIpc) is 2.90. The third-order valence-corrected chi connectivity index (χ3v) is 6.17. The van der Waals surface area contributed by atoms with Crippen LogP contribution in [-0.4, -0.2) is 34.6 Å². The summed E-state index contributed by atoms with van der Waals surface area (Å²) in [6.45, 7) is 15.7. The van der Waals surface area contributed by atoms with Crippen LogP contribution in [0.25, 0.3) is 0 Å². The number of hydrogen-bond donors (Lipinski definition) is 3. The minimum Gasteiger partial charge on any atom is -0.533 e. The SMILES string of the molecule is C.C.Cc1c[c-]cc(C)c1O.Cc1c[c-]cc(C)c1O.Cc1c[c-]cc(C)c1OCC(O)COc1c(C)c[c-]cc1C.[Y].[Y]. The van der Waals surface area contributed by atoms with Crippen molar-refractivity contribution in [2.45, 2.75) is 76.3 Å². The van der Waals surface area contributed by atoms with Crippen LogP contribution < -0.4 is 9.47 Å². The first-order valence-corrected chi connectivity index (χ1v) is 13.1. The molecule has 2 radical (unpaired) electrons. The number of benzene rings is 4. The molecular formula is C37H48O5Y2-4. The van der Waals surface area contributed by atoms with Gasteiger partial charge in [-0.1, -0.05) is 70.2 Å². The molecule has 0 aliphatic heterocycles. The molecule has 5 nitrogen and oxygen atoms in total. The molecule has 0 unspecified atom stereocenters. The zero-order valence-corrected chi connectivity index (χ0v) is 31.6. The van der Waals surface area contributed by atoms with Crippen molar-refractivity contribution in [1.29, 1.82) is 0 Å². The summed E-state index contributed by atoms with van der Waals surface area (Å²) < 4.78 is 11.4. The third-order valence-electron chi connectivity index (χ3n) is 6.17. The summed E-state index contributed by atoms with van der Waals surface area (Å²) in [6.07, 6.45) is -0.689. The average molecular weight is 751 g/mol. The van der Waals surface area contributed by atoms with E-state index in [4.69, 9.17) is 9.47 Å². The fourth-order valence-corrected chi connectivity index (χ4v) is 3.81. The van der Waals surface area contributed by atoms with Crippen molar-refractivity contribution >= 4 is 0 Å². The number of hydrogen-bond acceptors (Lipinski definition) is 5. The maximum absolute atomic E-state index is 10.1. The zero-order valence-electron chi connectivity index (χ0n) is 25.9. The second-order valence-corrected chi connectivity index (χ2v) is 9.92. The van der Waals surface area contributed by atoms with Crippen LogP contribution in [0.2, 0.25) is 0 Å².